The minimum atomic E-state index is -1.50. The van der Waals surface area contributed by atoms with Crippen molar-refractivity contribution in [3.05, 3.63) is 48.5 Å². The lowest BCUT2D eigenvalue weighted by Gasteiger charge is -2.39. The lowest BCUT2D eigenvalue weighted by molar-refractivity contribution is -0.277. The van der Waals surface area contributed by atoms with Crippen molar-refractivity contribution in [2.75, 3.05) is 19.8 Å². The fourth-order valence-electron chi connectivity index (χ4n) is 2.79. The molecule has 0 bridgehead atoms. The predicted octanol–water partition coefficient (Wildman–Crippen LogP) is 1.04. The number of azo groups is 1. The van der Waals surface area contributed by atoms with Crippen LogP contribution >= 0.6 is 12.4 Å². The molecule has 1 saturated heterocycles. The fourth-order valence-corrected chi connectivity index (χ4v) is 2.79. The van der Waals surface area contributed by atoms with Crippen molar-refractivity contribution in [3.8, 4) is 11.5 Å². The van der Waals surface area contributed by atoms with Gasteiger partial charge in [-0.2, -0.15) is 10.2 Å². The zero-order valence-electron chi connectivity index (χ0n) is 16.5. The van der Waals surface area contributed by atoms with Gasteiger partial charge >= 0.3 is 0 Å². The zero-order valence-corrected chi connectivity index (χ0v) is 17.3. The number of ether oxygens (including phenoxy) is 3. The Morgan fingerprint density at radius 2 is 1.39 bits per heavy atom. The third-order valence-corrected chi connectivity index (χ3v) is 4.44. The Labute approximate surface area is 185 Å². The average molecular weight is 456 g/mol. The number of benzene rings is 2. The maximum atomic E-state index is 10.0. The van der Waals surface area contributed by atoms with Crippen LogP contribution in [0.5, 0.6) is 11.5 Å². The molecule has 0 amide bonds. The highest BCUT2D eigenvalue weighted by atomic mass is 35.5. The van der Waals surface area contributed by atoms with Gasteiger partial charge in [-0.1, -0.05) is 0 Å². The summed E-state index contributed by atoms with van der Waals surface area (Å²) < 4.78 is 16.2. The van der Waals surface area contributed by atoms with Gasteiger partial charge in [-0.3, -0.25) is 0 Å². The van der Waals surface area contributed by atoms with Crippen LogP contribution in [0.25, 0.3) is 0 Å². The molecule has 3 rings (SSSR count). The first-order valence-corrected chi connectivity index (χ1v) is 9.43. The van der Waals surface area contributed by atoms with E-state index < -0.39 is 37.3 Å². The SMILES string of the molecule is Cl.NCCOc1ccc(N=Nc2ccc(O[C@@H]3O[C@H](CO)[C@H](O)[C@H](O)[C@H]3O)cc2)cc1. The van der Waals surface area contributed by atoms with E-state index in [1.54, 1.807) is 48.5 Å². The molecule has 0 radical (unpaired) electrons. The Kier molecular flexibility index (Phi) is 9.59. The van der Waals surface area contributed by atoms with E-state index in [1.165, 1.54) is 0 Å². The van der Waals surface area contributed by atoms with Crippen LogP contribution in [0.15, 0.2) is 58.8 Å². The van der Waals surface area contributed by atoms with Crippen LogP contribution in [0.4, 0.5) is 11.4 Å². The van der Waals surface area contributed by atoms with Crippen LogP contribution in [0.3, 0.4) is 0 Å². The molecule has 0 spiro atoms. The van der Waals surface area contributed by atoms with Gasteiger partial charge in [0, 0.05) is 6.54 Å². The van der Waals surface area contributed by atoms with Gasteiger partial charge in [0.1, 0.15) is 42.5 Å². The van der Waals surface area contributed by atoms with Crippen LogP contribution < -0.4 is 15.2 Å². The Morgan fingerprint density at radius 1 is 0.839 bits per heavy atom. The third-order valence-electron chi connectivity index (χ3n) is 4.44. The summed E-state index contributed by atoms with van der Waals surface area (Å²) in [6.45, 7) is 0.361. The van der Waals surface area contributed by atoms with E-state index >= 15 is 0 Å². The Bertz CT molecular complexity index is 821. The summed E-state index contributed by atoms with van der Waals surface area (Å²) in [5, 5.41) is 47.1. The van der Waals surface area contributed by atoms with Gasteiger partial charge in [-0.25, -0.2) is 0 Å². The number of aliphatic hydroxyl groups excluding tert-OH is 4. The van der Waals surface area contributed by atoms with E-state index in [1.807, 2.05) is 0 Å². The molecule has 0 unspecified atom stereocenters. The first-order valence-electron chi connectivity index (χ1n) is 9.43. The monoisotopic (exact) mass is 455 g/mol. The minimum absolute atomic E-state index is 0. The highest BCUT2D eigenvalue weighted by Crippen LogP contribution is 2.27. The largest absolute Gasteiger partial charge is 0.492 e. The standard InChI is InChI=1S/C20H25N3O7.ClH/c21-9-10-28-14-5-1-12(2-6-14)22-23-13-3-7-15(8-4-13)29-20-19(27)18(26)17(25)16(11-24)30-20;/h1-8,16-20,24-27H,9-11,21H2;1H/t16-,17+,18+,19-,20-;/m1./s1. The summed E-state index contributed by atoms with van der Waals surface area (Å²) in [6.07, 6.45) is -6.68. The van der Waals surface area contributed by atoms with Crippen molar-refractivity contribution in [1.29, 1.82) is 0 Å². The number of halogens is 1. The number of rotatable bonds is 8. The van der Waals surface area contributed by atoms with Crippen molar-refractivity contribution >= 4 is 23.8 Å². The molecule has 1 heterocycles. The molecule has 6 N–H and O–H groups in total. The van der Waals surface area contributed by atoms with E-state index in [0.717, 1.165) is 0 Å². The van der Waals surface area contributed by atoms with Gasteiger partial charge in [-0.15, -0.1) is 12.4 Å². The molecule has 0 saturated carbocycles. The van der Waals surface area contributed by atoms with Crippen molar-refractivity contribution in [2.45, 2.75) is 30.7 Å². The predicted molar refractivity (Wildman–Crippen MR) is 113 cm³/mol. The molecular weight excluding hydrogens is 430 g/mol. The summed E-state index contributed by atoms with van der Waals surface area (Å²) in [7, 11) is 0. The minimum Gasteiger partial charge on any atom is -0.492 e. The average Bonchev–Trinajstić information content (AvgIpc) is 2.78. The zero-order chi connectivity index (χ0) is 21.5. The molecule has 1 aliphatic heterocycles. The topological polar surface area (TPSA) is 159 Å². The smallest absolute Gasteiger partial charge is 0.229 e. The van der Waals surface area contributed by atoms with Crippen LogP contribution in [-0.2, 0) is 4.74 Å². The third kappa shape index (κ3) is 6.58. The van der Waals surface area contributed by atoms with E-state index in [4.69, 9.17) is 19.9 Å². The summed E-state index contributed by atoms with van der Waals surface area (Å²) in [4.78, 5) is 0. The second-order valence-corrected chi connectivity index (χ2v) is 6.64. The van der Waals surface area contributed by atoms with Gasteiger partial charge in [0.15, 0.2) is 0 Å². The molecule has 0 aromatic heterocycles. The highest BCUT2D eigenvalue weighted by Gasteiger charge is 2.44. The lowest BCUT2D eigenvalue weighted by Crippen LogP contribution is -2.60. The molecule has 31 heavy (non-hydrogen) atoms. The number of hydrogen-bond acceptors (Lipinski definition) is 10. The second-order valence-electron chi connectivity index (χ2n) is 6.64. The number of aliphatic hydroxyl groups is 4. The van der Waals surface area contributed by atoms with E-state index in [9.17, 15) is 20.4 Å². The van der Waals surface area contributed by atoms with Crippen molar-refractivity contribution in [2.24, 2.45) is 16.0 Å². The number of nitrogens with zero attached hydrogens (tertiary/aromatic N) is 2. The van der Waals surface area contributed by atoms with Gasteiger partial charge in [0.25, 0.3) is 0 Å². The van der Waals surface area contributed by atoms with Crippen LogP contribution in [0, 0.1) is 0 Å². The first-order chi connectivity index (χ1) is 14.5. The molecule has 5 atom stereocenters. The summed E-state index contributed by atoms with van der Waals surface area (Å²) >= 11 is 0. The summed E-state index contributed by atoms with van der Waals surface area (Å²) in [5.41, 5.74) is 6.61. The van der Waals surface area contributed by atoms with E-state index in [2.05, 4.69) is 10.2 Å². The van der Waals surface area contributed by atoms with E-state index in [0.29, 0.717) is 36.0 Å². The molecule has 2 aromatic carbocycles. The van der Waals surface area contributed by atoms with Crippen LogP contribution in [-0.4, -0.2) is 70.9 Å². The van der Waals surface area contributed by atoms with Gasteiger partial charge in [0.2, 0.25) is 6.29 Å². The van der Waals surface area contributed by atoms with E-state index in [-0.39, 0.29) is 12.4 Å². The molecule has 1 fully saturated rings. The normalized spacial score (nSPS) is 25.8. The Morgan fingerprint density at radius 3 is 1.90 bits per heavy atom. The summed E-state index contributed by atoms with van der Waals surface area (Å²) in [5.74, 6) is 1.05. The number of hydrogen-bond donors (Lipinski definition) is 5. The van der Waals surface area contributed by atoms with Crippen LogP contribution in [0.1, 0.15) is 0 Å². The van der Waals surface area contributed by atoms with Crippen molar-refractivity contribution in [1.82, 2.24) is 0 Å². The second kappa shape index (κ2) is 11.9. The molecule has 170 valence electrons. The molecule has 11 heteroatoms. The van der Waals surface area contributed by atoms with Crippen LogP contribution in [0.2, 0.25) is 0 Å². The quantitative estimate of drug-likeness (QED) is 0.369. The Balaban J connectivity index is 0.00000341. The number of nitrogens with two attached hydrogens (primary N) is 1. The van der Waals surface area contributed by atoms with Gasteiger partial charge in [0.05, 0.1) is 18.0 Å². The van der Waals surface area contributed by atoms with Crippen molar-refractivity contribution in [3.63, 3.8) is 0 Å². The van der Waals surface area contributed by atoms with Crippen molar-refractivity contribution < 1.29 is 34.6 Å². The lowest BCUT2D eigenvalue weighted by atomic mass is 9.99. The maximum Gasteiger partial charge on any atom is 0.229 e. The fraction of sp³-hybridized carbons (Fsp3) is 0.400. The highest BCUT2D eigenvalue weighted by molar-refractivity contribution is 5.85. The Hall–Kier alpha value is -2.31. The molecular formula is C20H26ClN3O7. The molecule has 10 nitrogen and oxygen atoms in total. The molecule has 2 aromatic rings. The molecule has 0 aliphatic carbocycles. The summed E-state index contributed by atoms with van der Waals surface area (Å²) in [6, 6.07) is 13.6. The maximum absolute atomic E-state index is 10.0. The van der Waals surface area contributed by atoms with Gasteiger partial charge < -0.3 is 40.4 Å². The molecule has 1 aliphatic rings. The van der Waals surface area contributed by atoms with Gasteiger partial charge in [-0.05, 0) is 48.5 Å². The first kappa shape index (κ1) is 25.0.